The highest BCUT2D eigenvalue weighted by Crippen LogP contribution is 2.22. The maximum Gasteiger partial charge on any atom is 0.371 e. The lowest BCUT2D eigenvalue weighted by atomic mass is 9.99. The lowest BCUT2D eigenvalue weighted by Gasteiger charge is -2.10. The van der Waals surface area contributed by atoms with Crippen molar-refractivity contribution in [1.82, 2.24) is 9.97 Å². The summed E-state index contributed by atoms with van der Waals surface area (Å²) < 4.78 is 0. The molecule has 5 nitrogen and oxygen atoms in total. The van der Waals surface area contributed by atoms with Gasteiger partial charge in [-0.2, -0.15) is 0 Å². The summed E-state index contributed by atoms with van der Waals surface area (Å²) in [7, 11) is 0. The number of aliphatic carboxylic acids is 1. The Morgan fingerprint density at radius 2 is 1.44 bits per heavy atom. The van der Waals surface area contributed by atoms with E-state index in [2.05, 4.69) is 22.1 Å². The van der Waals surface area contributed by atoms with Gasteiger partial charge in [-0.15, -0.1) is 0 Å². The molecule has 3 rings (SSSR count). The minimum absolute atomic E-state index is 0.272. The zero-order valence-electron chi connectivity index (χ0n) is 14.7. The zero-order chi connectivity index (χ0) is 19.1. The lowest BCUT2D eigenvalue weighted by molar-refractivity contribution is -0.135. The largest absolute Gasteiger partial charge is 0.502 e. The van der Waals surface area contributed by atoms with Gasteiger partial charge in [0.05, 0.1) is 5.69 Å². The van der Waals surface area contributed by atoms with Gasteiger partial charge in [0, 0.05) is 17.7 Å². The Kier molecular flexibility index (Phi) is 5.94. The molecule has 0 bridgehead atoms. The number of aliphatic hydroxyl groups is 1. The van der Waals surface area contributed by atoms with Crippen LogP contribution in [0, 0.1) is 0 Å². The number of allylic oxidation sites excluding steroid dienone is 1. The van der Waals surface area contributed by atoms with Gasteiger partial charge in [-0.1, -0.05) is 60.7 Å². The molecular weight excluding hydrogens is 340 g/mol. The number of aliphatic hydroxyl groups excluding tert-OH is 1. The molecule has 3 aromatic rings. The van der Waals surface area contributed by atoms with Gasteiger partial charge >= 0.3 is 5.97 Å². The van der Waals surface area contributed by atoms with Gasteiger partial charge in [-0.25, -0.2) is 14.8 Å². The molecule has 2 N–H and O–H groups in total. The first kappa shape index (κ1) is 18.3. The van der Waals surface area contributed by atoms with Crippen molar-refractivity contribution in [2.75, 3.05) is 0 Å². The highest BCUT2D eigenvalue weighted by Gasteiger charge is 2.17. The van der Waals surface area contributed by atoms with Crippen LogP contribution in [0.25, 0.3) is 5.57 Å². The molecule has 27 heavy (non-hydrogen) atoms. The van der Waals surface area contributed by atoms with Crippen molar-refractivity contribution in [2.24, 2.45) is 0 Å². The Bertz CT molecular complexity index is 938. The molecule has 0 saturated heterocycles. The third-order valence-corrected chi connectivity index (χ3v) is 4.26. The highest BCUT2D eigenvalue weighted by molar-refractivity contribution is 5.93. The number of hydrogen-bond acceptors (Lipinski definition) is 4. The topological polar surface area (TPSA) is 83.3 Å². The molecule has 0 saturated carbocycles. The maximum atomic E-state index is 11.3. The number of aryl methyl sites for hydroxylation is 2. The summed E-state index contributed by atoms with van der Waals surface area (Å²) in [6.45, 7) is 0. The number of carboxylic acids is 1. The fraction of sp³-hybridized carbons (Fsp3) is 0.136. The van der Waals surface area contributed by atoms with Gasteiger partial charge in [0.25, 0.3) is 0 Å². The molecule has 0 aliphatic heterocycles. The van der Waals surface area contributed by atoms with Crippen LogP contribution >= 0.6 is 0 Å². The molecule has 0 atom stereocenters. The van der Waals surface area contributed by atoms with E-state index in [1.165, 1.54) is 11.9 Å². The van der Waals surface area contributed by atoms with Crippen molar-refractivity contribution in [1.29, 1.82) is 0 Å². The molecule has 0 fully saturated rings. The minimum atomic E-state index is -1.37. The molecule has 5 heteroatoms. The van der Waals surface area contributed by atoms with Crippen LogP contribution in [0.15, 0.2) is 78.8 Å². The van der Waals surface area contributed by atoms with Gasteiger partial charge in [-0.05, 0) is 30.0 Å². The Labute approximate surface area is 157 Å². The molecule has 0 aliphatic rings. The van der Waals surface area contributed by atoms with Crippen LogP contribution in [0.4, 0.5) is 0 Å². The van der Waals surface area contributed by atoms with Gasteiger partial charge in [0.1, 0.15) is 6.33 Å². The second-order valence-corrected chi connectivity index (χ2v) is 6.17. The standard InChI is InChI=1S/C22H20N2O3/c25-21(22(26)27)19(13-17-9-5-2-6-10-17)20-14-18(23-15-24-20)12-11-16-7-3-1-4-8-16/h1-10,14-15,25H,11-13H2,(H,26,27)/b21-19+. The van der Waals surface area contributed by atoms with Crippen molar-refractivity contribution in [3.63, 3.8) is 0 Å². The van der Waals surface area contributed by atoms with Gasteiger partial charge in [0.15, 0.2) is 0 Å². The fourth-order valence-electron chi connectivity index (χ4n) is 2.84. The normalized spacial score (nSPS) is 11.7. The molecule has 0 radical (unpaired) electrons. The number of carboxylic acid groups (broad SMARTS) is 1. The highest BCUT2D eigenvalue weighted by atomic mass is 16.4. The third kappa shape index (κ3) is 5.01. The van der Waals surface area contributed by atoms with Crippen LogP contribution < -0.4 is 0 Å². The van der Waals surface area contributed by atoms with Crippen molar-refractivity contribution >= 4 is 11.5 Å². The van der Waals surface area contributed by atoms with Crippen molar-refractivity contribution in [3.05, 3.63) is 101 Å². The van der Waals surface area contributed by atoms with Crippen LogP contribution in [-0.4, -0.2) is 26.2 Å². The Balaban J connectivity index is 1.86. The lowest BCUT2D eigenvalue weighted by Crippen LogP contribution is -2.08. The number of benzene rings is 2. The molecule has 1 heterocycles. The summed E-state index contributed by atoms with van der Waals surface area (Å²) in [6, 6.07) is 21.2. The average Bonchev–Trinajstić information content (AvgIpc) is 2.71. The van der Waals surface area contributed by atoms with Crippen LogP contribution in [0.1, 0.15) is 22.5 Å². The number of rotatable bonds is 7. The van der Waals surface area contributed by atoms with Crippen LogP contribution in [0.2, 0.25) is 0 Å². The second kappa shape index (κ2) is 8.76. The molecule has 0 aliphatic carbocycles. The second-order valence-electron chi connectivity index (χ2n) is 6.17. The molecule has 136 valence electrons. The average molecular weight is 360 g/mol. The summed E-state index contributed by atoms with van der Waals surface area (Å²) in [5.74, 6) is -2.06. The van der Waals surface area contributed by atoms with E-state index in [1.54, 1.807) is 6.07 Å². The van der Waals surface area contributed by atoms with Crippen molar-refractivity contribution < 1.29 is 15.0 Å². The van der Waals surface area contributed by atoms with E-state index in [4.69, 9.17) is 0 Å². The van der Waals surface area contributed by atoms with E-state index >= 15 is 0 Å². The van der Waals surface area contributed by atoms with Crippen molar-refractivity contribution in [2.45, 2.75) is 19.3 Å². The molecule has 0 amide bonds. The zero-order valence-corrected chi connectivity index (χ0v) is 14.7. The van der Waals surface area contributed by atoms with Gasteiger partial charge in [0.2, 0.25) is 5.76 Å². The Morgan fingerprint density at radius 3 is 2.07 bits per heavy atom. The molecule has 1 aromatic heterocycles. The van der Waals surface area contributed by atoms with Crippen molar-refractivity contribution in [3.8, 4) is 0 Å². The number of carbonyl (C=O) groups is 1. The van der Waals surface area contributed by atoms with Gasteiger partial charge < -0.3 is 10.2 Å². The predicted octanol–water partition coefficient (Wildman–Crippen LogP) is 3.86. The van der Waals surface area contributed by atoms with Crippen LogP contribution in [0.5, 0.6) is 0 Å². The third-order valence-electron chi connectivity index (χ3n) is 4.26. The van der Waals surface area contributed by atoms with E-state index < -0.39 is 11.7 Å². The fourth-order valence-corrected chi connectivity index (χ4v) is 2.84. The summed E-state index contributed by atoms with van der Waals surface area (Å²) >= 11 is 0. The smallest absolute Gasteiger partial charge is 0.371 e. The van der Waals surface area contributed by atoms with Gasteiger partial charge in [-0.3, -0.25) is 0 Å². The van der Waals surface area contributed by atoms with E-state index in [0.29, 0.717) is 12.1 Å². The number of aromatic nitrogens is 2. The summed E-state index contributed by atoms with van der Waals surface area (Å²) in [5.41, 5.74) is 3.59. The summed E-state index contributed by atoms with van der Waals surface area (Å²) in [6.07, 6.45) is 3.20. The molecule has 0 unspecified atom stereocenters. The van der Waals surface area contributed by atoms with E-state index in [9.17, 15) is 15.0 Å². The van der Waals surface area contributed by atoms with Crippen LogP contribution in [0.3, 0.4) is 0 Å². The van der Waals surface area contributed by atoms with E-state index in [-0.39, 0.29) is 12.0 Å². The minimum Gasteiger partial charge on any atom is -0.502 e. The molecule has 2 aromatic carbocycles. The monoisotopic (exact) mass is 360 g/mol. The summed E-state index contributed by atoms with van der Waals surface area (Å²) in [5, 5.41) is 19.4. The molecular formula is C22H20N2O3. The maximum absolute atomic E-state index is 11.3. The summed E-state index contributed by atoms with van der Waals surface area (Å²) in [4.78, 5) is 19.8. The first-order chi connectivity index (χ1) is 13.1. The number of hydrogen-bond donors (Lipinski definition) is 2. The Morgan fingerprint density at radius 1 is 0.815 bits per heavy atom. The quantitative estimate of drug-likeness (QED) is 0.494. The number of nitrogens with zero attached hydrogens (tertiary/aromatic N) is 2. The molecule has 0 spiro atoms. The van der Waals surface area contributed by atoms with Crippen LogP contribution in [-0.2, 0) is 24.1 Å². The predicted molar refractivity (Wildman–Crippen MR) is 103 cm³/mol. The first-order valence-corrected chi connectivity index (χ1v) is 8.68. The SMILES string of the molecule is O=C(O)/C(O)=C(/Cc1ccccc1)c1cc(CCc2ccccc2)ncn1. The first-order valence-electron chi connectivity index (χ1n) is 8.68. The Hall–Kier alpha value is -3.47. The van der Waals surface area contributed by atoms with E-state index in [1.807, 2.05) is 48.5 Å². The van der Waals surface area contributed by atoms with E-state index in [0.717, 1.165) is 17.7 Å².